The number of H-pyrrole nitrogens is 1. The molecule has 0 aliphatic carbocycles. The van der Waals surface area contributed by atoms with Crippen LogP contribution in [0.4, 0.5) is 0 Å². The van der Waals surface area contributed by atoms with Crippen molar-refractivity contribution in [3.63, 3.8) is 0 Å². The Kier molecular flexibility index (Phi) is 3.75. The summed E-state index contributed by atoms with van der Waals surface area (Å²) in [5.41, 5.74) is 0.286. The minimum absolute atomic E-state index is 0.0877. The van der Waals surface area contributed by atoms with Gasteiger partial charge in [-0.3, -0.25) is 5.10 Å². The molecule has 0 amide bonds. The molecule has 0 unspecified atom stereocenters. The molecule has 2 N–H and O–H groups in total. The first kappa shape index (κ1) is 14.1. The van der Waals surface area contributed by atoms with Gasteiger partial charge in [-0.05, 0) is 19.1 Å². The number of carboxylic acids is 1. The second-order valence-electron chi connectivity index (χ2n) is 3.98. The molecule has 0 saturated heterocycles. The number of ether oxygens (including phenoxy) is 1. The van der Waals surface area contributed by atoms with E-state index in [-0.39, 0.29) is 21.4 Å². The molecule has 1 aromatic heterocycles. The fraction of sp³-hybridized carbons (Fsp3) is 0.167. The number of hydrogen-bond donors (Lipinski definition) is 2. The third kappa shape index (κ3) is 2.64. The van der Waals surface area contributed by atoms with Crippen LogP contribution >= 0.6 is 0 Å². The van der Waals surface area contributed by atoms with Crippen molar-refractivity contribution < 1.29 is 23.1 Å². The van der Waals surface area contributed by atoms with Crippen molar-refractivity contribution in [3.8, 4) is 5.88 Å². The number of rotatable bonds is 5. The summed E-state index contributed by atoms with van der Waals surface area (Å²) in [5.74, 6) is -1.46. The van der Waals surface area contributed by atoms with Crippen LogP contribution in [0.3, 0.4) is 0 Å². The van der Waals surface area contributed by atoms with E-state index in [1.54, 1.807) is 18.2 Å². The van der Waals surface area contributed by atoms with Crippen LogP contribution in [0.5, 0.6) is 5.88 Å². The van der Waals surface area contributed by atoms with Gasteiger partial charge in [-0.1, -0.05) is 18.2 Å². The van der Waals surface area contributed by atoms with Gasteiger partial charge < -0.3 is 9.84 Å². The summed E-state index contributed by atoms with van der Waals surface area (Å²) >= 11 is 0. The highest BCUT2D eigenvalue weighted by Crippen LogP contribution is 2.30. The number of aromatic nitrogens is 2. The van der Waals surface area contributed by atoms with Gasteiger partial charge in [0.2, 0.25) is 9.84 Å². The molecule has 0 aliphatic heterocycles. The lowest BCUT2D eigenvalue weighted by molar-refractivity contribution is -0.139. The molecule has 0 bridgehead atoms. The minimum Gasteiger partial charge on any atom is -0.479 e. The number of hydrogen-bond acceptors (Lipinski definition) is 5. The highest BCUT2D eigenvalue weighted by Gasteiger charge is 2.27. The van der Waals surface area contributed by atoms with E-state index in [2.05, 4.69) is 10.2 Å². The predicted molar refractivity (Wildman–Crippen MR) is 68.3 cm³/mol. The molecule has 0 spiro atoms. The highest BCUT2D eigenvalue weighted by atomic mass is 32.2. The summed E-state index contributed by atoms with van der Waals surface area (Å²) in [4.78, 5) is 10.4. The van der Waals surface area contributed by atoms with Gasteiger partial charge in [-0.25, -0.2) is 13.2 Å². The molecule has 0 radical (unpaired) electrons. The standard InChI is InChI=1S/C12H12N2O5S/c1-8-11(12(14-13-8)19-7-10(15)16)20(17,18)9-5-3-2-4-6-9/h2-6H,7H2,1H3,(H,13,14)(H,15,16). The van der Waals surface area contributed by atoms with Crippen molar-refractivity contribution in [1.29, 1.82) is 0 Å². The number of nitrogens with one attached hydrogen (secondary N) is 1. The third-order valence-electron chi connectivity index (χ3n) is 2.51. The number of carboxylic acid groups (broad SMARTS) is 1. The van der Waals surface area contributed by atoms with Crippen molar-refractivity contribution in [2.45, 2.75) is 16.7 Å². The molecule has 0 saturated carbocycles. The smallest absolute Gasteiger partial charge is 0.341 e. The van der Waals surface area contributed by atoms with Gasteiger partial charge in [0.1, 0.15) is 0 Å². The zero-order valence-corrected chi connectivity index (χ0v) is 11.3. The van der Waals surface area contributed by atoms with E-state index in [4.69, 9.17) is 9.84 Å². The SMILES string of the molecule is Cc1[nH]nc(OCC(=O)O)c1S(=O)(=O)c1ccccc1. The summed E-state index contributed by atoms with van der Waals surface area (Å²) in [7, 11) is -3.82. The van der Waals surface area contributed by atoms with Gasteiger partial charge in [0, 0.05) is 0 Å². The Balaban J connectivity index is 2.47. The Morgan fingerprint density at radius 2 is 2.00 bits per heavy atom. The van der Waals surface area contributed by atoms with E-state index < -0.39 is 22.4 Å². The van der Waals surface area contributed by atoms with Crippen molar-refractivity contribution in [3.05, 3.63) is 36.0 Å². The molecule has 1 heterocycles. The normalized spacial score (nSPS) is 11.2. The number of carbonyl (C=O) groups is 1. The lowest BCUT2D eigenvalue weighted by Crippen LogP contribution is -2.12. The minimum atomic E-state index is -3.82. The number of benzene rings is 1. The lowest BCUT2D eigenvalue weighted by Gasteiger charge is -2.06. The molecule has 8 heteroatoms. The van der Waals surface area contributed by atoms with Crippen LogP contribution in [-0.4, -0.2) is 36.3 Å². The van der Waals surface area contributed by atoms with Gasteiger partial charge in [0.25, 0.3) is 5.88 Å². The van der Waals surface area contributed by atoms with Crippen LogP contribution in [0.25, 0.3) is 0 Å². The van der Waals surface area contributed by atoms with Gasteiger partial charge in [0.05, 0.1) is 10.6 Å². The number of nitrogens with zero attached hydrogens (tertiary/aromatic N) is 1. The Hall–Kier alpha value is -2.35. The van der Waals surface area contributed by atoms with Crippen molar-refractivity contribution in [2.75, 3.05) is 6.61 Å². The molecule has 0 fully saturated rings. The summed E-state index contributed by atoms with van der Waals surface area (Å²) in [6.07, 6.45) is 0. The summed E-state index contributed by atoms with van der Waals surface area (Å²) < 4.78 is 29.9. The van der Waals surface area contributed by atoms with Crippen LogP contribution in [0.15, 0.2) is 40.1 Å². The van der Waals surface area contributed by atoms with E-state index >= 15 is 0 Å². The molecule has 0 atom stereocenters. The average molecular weight is 296 g/mol. The maximum Gasteiger partial charge on any atom is 0.341 e. The maximum atomic E-state index is 12.5. The number of aromatic amines is 1. The van der Waals surface area contributed by atoms with Crippen LogP contribution in [-0.2, 0) is 14.6 Å². The number of aryl methyl sites for hydroxylation is 1. The number of sulfone groups is 1. The number of aliphatic carboxylic acids is 1. The Labute approximate surface area is 115 Å². The summed E-state index contributed by atoms with van der Waals surface area (Å²) in [6, 6.07) is 7.79. The Morgan fingerprint density at radius 1 is 1.35 bits per heavy atom. The molecule has 20 heavy (non-hydrogen) atoms. The fourth-order valence-electron chi connectivity index (χ4n) is 1.66. The molecular weight excluding hydrogens is 284 g/mol. The maximum absolute atomic E-state index is 12.5. The molecule has 106 valence electrons. The molecule has 0 aliphatic rings. The third-order valence-corrected chi connectivity index (χ3v) is 4.43. The Bertz CT molecular complexity index is 722. The topological polar surface area (TPSA) is 109 Å². The molecule has 1 aromatic carbocycles. The van der Waals surface area contributed by atoms with Gasteiger partial charge in [-0.15, -0.1) is 5.10 Å². The fourth-order valence-corrected chi connectivity index (χ4v) is 3.19. The van der Waals surface area contributed by atoms with Gasteiger partial charge in [-0.2, -0.15) is 0 Å². The summed E-state index contributed by atoms with van der Waals surface area (Å²) in [6.45, 7) is 0.859. The first-order chi connectivity index (χ1) is 9.43. The van der Waals surface area contributed by atoms with Gasteiger partial charge in [0.15, 0.2) is 11.5 Å². The van der Waals surface area contributed by atoms with Crippen LogP contribution in [0, 0.1) is 6.92 Å². The zero-order chi connectivity index (χ0) is 14.8. The average Bonchev–Trinajstić information content (AvgIpc) is 2.79. The molecular formula is C12H12N2O5S. The van der Waals surface area contributed by atoms with Gasteiger partial charge >= 0.3 is 5.97 Å². The second-order valence-corrected chi connectivity index (χ2v) is 5.87. The van der Waals surface area contributed by atoms with Crippen molar-refractivity contribution in [1.82, 2.24) is 10.2 Å². The lowest BCUT2D eigenvalue weighted by atomic mass is 10.4. The van der Waals surface area contributed by atoms with Crippen molar-refractivity contribution in [2.24, 2.45) is 0 Å². The quantitative estimate of drug-likeness (QED) is 0.852. The van der Waals surface area contributed by atoms with E-state index in [1.165, 1.54) is 19.1 Å². The monoisotopic (exact) mass is 296 g/mol. The highest BCUT2D eigenvalue weighted by molar-refractivity contribution is 7.91. The van der Waals surface area contributed by atoms with E-state index in [1.807, 2.05) is 0 Å². The van der Waals surface area contributed by atoms with Crippen LogP contribution < -0.4 is 4.74 Å². The molecule has 2 aromatic rings. The largest absolute Gasteiger partial charge is 0.479 e. The van der Waals surface area contributed by atoms with E-state index in [0.717, 1.165) is 0 Å². The summed E-state index contributed by atoms with van der Waals surface area (Å²) in [5, 5.41) is 14.8. The first-order valence-corrected chi connectivity index (χ1v) is 7.11. The molecule has 2 rings (SSSR count). The second kappa shape index (κ2) is 5.33. The van der Waals surface area contributed by atoms with E-state index in [0.29, 0.717) is 0 Å². The Morgan fingerprint density at radius 3 is 2.60 bits per heavy atom. The predicted octanol–water partition coefficient (Wildman–Crippen LogP) is 1.01. The zero-order valence-electron chi connectivity index (χ0n) is 10.5. The molecule has 7 nitrogen and oxygen atoms in total. The first-order valence-electron chi connectivity index (χ1n) is 5.62. The van der Waals surface area contributed by atoms with Crippen LogP contribution in [0.1, 0.15) is 5.69 Å². The van der Waals surface area contributed by atoms with Crippen molar-refractivity contribution >= 4 is 15.8 Å². The van der Waals surface area contributed by atoms with E-state index in [9.17, 15) is 13.2 Å². The van der Waals surface area contributed by atoms with Crippen LogP contribution in [0.2, 0.25) is 0 Å².